The van der Waals surface area contributed by atoms with Crippen molar-refractivity contribution in [2.24, 2.45) is 5.92 Å². The highest BCUT2D eigenvalue weighted by molar-refractivity contribution is 5.50. The Morgan fingerprint density at radius 2 is 2.47 bits per heavy atom. The lowest BCUT2D eigenvalue weighted by molar-refractivity contribution is 0.379. The van der Waals surface area contributed by atoms with Gasteiger partial charge in [-0.25, -0.2) is 4.98 Å². The fourth-order valence-corrected chi connectivity index (χ4v) is 2.56. The average Bonchev–Trinajstić information content (AvgIpc) is 2.45. The van der Waals surface area contributed by atoms with Gasteiger partial charge in [-0.2, -0.15) is 0 Å². The molecule has 0 spiro atoms. The number of anilines is 1. The van der Waals surface area contributed by atoms with Crippen molar-refractivity contribution >= 4 is 5.82 Å². The molecule has 6 nitrogen and oxygen atoms in total. The summed E-state index contributed by atoms with van der Waals surface area (Å²) in [5.74, 6) is 1.57. The van der Waals surface area contributed by atoms with Crippen LogP contribution in [-0.2, 0) is 0 Å². The normalized spacial score (nSPS) is 19.5. The van der Waals surface area contributed by atoms with Crippen LogP contribution in [0.15, 0.2) is 11.1 Å². The smallest absolute Gasteiger partial charge is 0.295 e. The number of hydrogen-bond acceptors (Lipinski definition) is 5. The van der Waals surface area contributed by atoms with E-state index in [0.29, 0.717) is 17.5 Å². The van der Waals surface area contributed by atoms with Crippen molar-refractivity contribution in [3.63, 3.8) is 0 Å². The number of hydrogen-bond donors (Lipinski definition) is 2. The van der Waals surface area contributed by atoms with Crippen LogP contribution in [0.5, 0.6) is 5.75 Å². The standard InChI is InChI=1S/C13H22N4O2/c1-3-14-7-10-5-4-6-17(8-10)12-11(19-2)13(18)16-9-15-12/h9-10,14H,3-8H2,1-2H3,(H,15,16,18). The second-order valence-corrected chi connectivity index (χ2v) is 4.85. The van der Waals surface area contributed by atoms with Gasteiger partial charge in [0.25, 0.3) is 5.56 Å². The summed E-state index contributed by atoms with van der Waals surface area (Å²) in [5, 5.41) is 3.38. The topological polar surface area (TPSA) is 70.2 Å². The third-order valence-electron chi connectivity index (χ3n) is 3.50. The third-order valence-corrected chi connectivity index (χ3v) is 3.50. The number of H-pyrrole nitrogens is 1. The minimum Gasteiger partial charge on any atom is -0.489 e. The van der Waals surface area contributed by atoms with E-state index in [0.717, 1.165) is 32.6 Å². The molecule has 1 aliphatic rings. The van der Waals surface area contributed by atoms with Crippen LogP contribution in [0.25, 0.3) is 0 Å². The first-order chi connectivity index (χ1) is 9.26. The summed E-state index contributed by atoms with van der Waals surface area (Å²) >= 11 is 0. The number of aromatic amines is 1. The zero-order valence-corrected chi connectivity index (χ0v) is 11.6. The lowest BCUT2D eigenvalue weighted by Gasteiger charge is -2.34. The Balaban J connectivity index is 2.13. The van der Waals surface area contributed by atoms with Crippen molar-refractivity contribution < 1.29 is 4.74 Å². The van der Waals surface area contributed by atoms with Crippen LogP contribution in [0, 0.1) is 5.92 Å². The number of aromatic nitrogens is 2. The molecule has 1 saturated heterocycles. The van der Waals surface area contributed by atoms with Gasteiger partial charge in [0, 0.05) is 13.1 Å². The molecule has 1 aromatic rings. The maximum Gasteiger partial charge on any atom is 0.295 e. The Bertz CT molecular complexity index is 460. The summed E-state index contributed by atoms with van der Waals surface area (Å²) in [5.41, 5.74) is -0.221. The second-order valence-electron chi connectivity index (χ2n) is 4.85. The molecule has 2 N–H and O–H groups in total. The molecule has 106 valence electrons. The molecule has 0 radical (unpaired) electrons. The van der Waals surface area contributed by atoms with Gasteiger partial charge in [-0.3, -0.25) is 4.79 Å². The lowest BCUT2D eigenvalue weighted by Crippen LogP contribution is -2.40. The van der Waals surface area contributed by atoms with Crippen molar-refractivity contribution in [1.82, 2.24) is 15.3 Å². The SMILES string of the molecule is CCNCC1CCCN(c2nc[nH]c(=O)c2OC)C1. The van der Waals surface area contributed by atoms with Gasteiger partial charge in [0.2, 0.25) is 5.75 Å². The van der Waals surface area contributed by atoms with Gasteiger partial charge in [-0.15, -0.1) is 0 Å². The molecule has 19 heavy (non-hydrogen) atoms. The number of methoxy groups -OCH3 is 1. The van der Waals surface area contributed by atoms with Crippen molar-refractivity contribution in [3.05, 3.63) is 16.7 Å². The van der Waals surface area contributed by atoms with E-state index in [1.807, 2.05) is 0 Å². The molecule has 6 heteroatoms. The maximum atomic E-state index is 11.7. The molecule has 1 aromatic heterocycles. The Kier molecular flexibility index (Phi) is 4.79. The molecule has 0 aliphatic carbocycles. The van der Waals surface area contributed by atoms with Gasteiger partial charge < -0.3 is 19.9 Å². The van der Waals surface area contributed by atoms with Crippen LogP contribution in [-0.4, -0.2) is 43.3 Å². The number of ether oxygens (including phenoxy) is 1. The molecular weight excluding hydrogens is 244 g/mol. The fraction of sp³-hybridized carbons (Fsp3) is 0.692. The van der Waals surface area contributed by atoms with E-state index in [9.17, 15) is 4.79 Å². The van der Waals surface area contributed by atoms with Crippen molar-refractivity contribution in [2.75, 3.05) is 38.2 Å². The first kappa shape index (κ1) is 13.9. The number of nitrogens with one attached hydrogen (secondary N) is 2. The average molecular weight is 266 g/mol. The zero-order chi connectivity index (χ0) is 13.7. The lowest BCUT2D eigenvalue weighted by atomic mass is 9.98. The van der Waals surface area contributed by atoms with Gasteiger partial charge in [0.05, 0.1) is 13.4 Å². The first-order valence-corrected chi connectivity index (χ1v) is 6.83. The molecule has 2 heterocycles. The van der Waals surface area contributed by atoms with E-state index in [-0.39, 0.29) is 5.56 Å². The fourth-order valence-electron chi connectivity index (χ4n) is 2.56. The molecule has 1 unspecified atom stereocenters. The monoisotopic (exact) mass is 266 g/mol. The van der Waals surface area contributed by atoms with E-state index in [1.165, 1.54) is 19.9 Å². The number of piperidine rings is 1. The molecule has 0 aromatic carbocycles. The van der Waals surface area contributed by atoms with Crippen molar-refractivity contribution in [1.29, 1.82) is 0 Å². The van der Waals surface area contributed by atoms with Crippen LogP contribution >= 0.6 is 0 Å². The summed E-state index contributed by atoms with van der Waals surface area (Å²) in [6.45, 7) is 5.96. The van der Waals surface area contributed by atoms with Gasteiger partial charge in [0.15, 0.2) is 5.82 Å². The van der Waals surface area contributed by atoms with E-state index in [4.69, 9.17) is 4.74 Å². The van der Waals surface area contributed by atoms with E-state index < -0.39 is 0 Å². The van der Waals surface area contributed by atoms with E-state index in [2.05, 4.69) is 27.1 Å². The summed E-state index contributed by atoms with van der Waals surface area (Å²) in [6, 6.07) is 0. The largest absolute Gasteiger partial charge is 0.489 e. The summed E-state index contributed by atoms with van der Waals surface area (Å²) < 4.78 is 5.18. The molecule has 0 amide bonds. The Morgan fingerprint density at radius 1 is 1.63 bits per heavy atom. The third kappa shape index (κ3) is 3.26. The molecule has 1 fully saturated rings. The minimum absolute atomic E-state index is 0.221. The predicted octanol–water partition coefficient (Wildman–Crippen LogP) is 0.604. The molecule has 1 atom stereocenters. The Hall–Kier alpha value is -1.56. The number of rotatable bonds is 5. The second kappa shape index (κ2) is 6.56. The minimum atomic E-state index is -0.221. The van der Waals surface area contributed by atoms with Gasteiger partial charge >= 0.3 is 0 Å². The highest BCUT2D eigenvalue weighted by Gasteiger charge is 2.24. The van der Waals surface area contributed by atoms with Gasteiger partial charge in [-0.1, -0.05) is 6.92 Å². The molecule has 1 aliphatic heterocycles. The van der Waals surface area contributed by atoms with Crippen molar-refractivity contribution in [3.8, 4) is 5.75 Å². The molecule has 0 saturated carbocycles. The van der Waals surface area contributed by atoms with Crippen LogP contribution < -0.4 is 20.5 Å². The summed E-state index contributed by atoms with van der Waals surface area (Å²) in [4.78, 5) is 20.7. The first-order valence-electron chi connectivity index (χ1n) is 6.83. The summed E-state index contributed by atoms with van der Waals surface area (Å²) in [6.07, 6.45) is 3.77. The molecular formula is C13H22N4O2. The van der Waals surface area contributed by atoms with Gasteiger partial charge in [-0.05, 0) is 31.8 Å². The van der Waals surface area contributed by atoms with E-state index >= 15 is 0 Å². The quantitative estimate of drug-likeness (QED) is 0.817. The Labute approximate surface area is 113 Å². The highest BCUT2D eigenvalue weighted by Crippen LogP contribution is 2.26. The summed E-state index contributed by atoms with van der Waals surface area (Å²) in [7, 11) is 1.51. The van der Waals surface area contributed by atoms with Gasteiger partial charge in [0.1, 0.15) is 0 Å². The molecule has 2 rings (SSSR count). The zero-order valence-electron chi connectivity index (χ0n) is 11.6. The number of nitrogens with zero attached hydrogens (tertiary/aromatic N) is 2. The van der Waals surface area contributed by atoms with Crippen LogP contribution in [0.3, 0.4) is 0 Å². The van der Waals surface area contributed by atoms with Crippen LogP contribution in [0.4, 0.5) is 5.82 Å². The molecule has 0 bridgehead atoms. The maximum absolute atomic E-state index is 11.7. The predicted molar refractivity (Wildman–Crippen MR) is 74.9 cm³/mol. The van der Waals surface area contributed by atoms with Crippen molar-refractivity contribution in [2.45, 2.75) is 19.8 Å². The highest BCUT2D eigenvalue weighted by atomic mass is 16.5. The van der Waals surface area contributed by atoms with E-state index in [1.54, 1.807) is 0 Å². The van der Waals surface area contributed by atoms with Crippen LogP contribution in [0.2, 0.25) is 0 Å². The Morgan fingerprint density at radius 3 is 3.21 bits per heavy atom. The van der Waals surface area contributed by atoms with Crippen LogP contribution in [0.1, 0.15) is 19.8 Å².